The third kappa shape index (κ3) is 7.98. The molecule has 0 radical (unpaired) electrons. The van der Waals surface area contributed by atoms with E-state index < -0.39 is 55.8 Å². The van der Waals surface area contributed by atoms with Gasteiger partial charge in [-0.05, 0) is 39.7 Å². The van der Waals surface area contributed by atoms with E-state index in [1.807, 2.05) is 0 Å². The van der Waals surface area contributed by atoms with Crippen molar-refractivity contribution in [3.8, 4) is 0 Å². The standard InChI is InChI=1S/C19H27N3O8S/c1-5-6-9-12-21(13-14(17(23)24)20-18(25)30-19(2,3)4)31(28,29)16-11-8-7-10-15(16)22(26)27/h5,7-8,10-11,14H,1,6,9,12-13H2,2-4H3,(H,20,25)(H,23,24)/t14-/m0/s1. The fourth-order valence-electron chi connectivity index (χ4n) is 2.53. The Labute approximate surface area is 180 Å². The third-order valence-electron chi connectivity index (χ3n) is 3.87. The number of rotatable bonds is 11. The molecule has 31 heavy (non-hydrogen) atoms. The molecule has 0 fully saturated rings. The molecule has 0 aliphatic carbocycles. The number of ether oxygens (including phenoxy) is 1. The van der Waals surface area contributed by atoms with Crippen molar-refractivity contribution in [1.29, 1.82) is 0 Å². The van der Waals surface area contributed by atoms with Gasteiger partial charge in [-0.25, -0.2) is 18.0 Å². The number of benzene rings is 1. The summed E-state index contributed by atoms with van der Waals surface area (Å²) in [5.74, 6) is -1.49. The van der Waals surface area contributed by atoms with E-state index in [0.717, 1.165) is 16.4 Å². The molecule has 0 aliphatic heterocycles. The molecule has 1 amide bonds. The fraction of sp³-hybridized carbons (Fsp3) is 0.474. The summed E-state index contributed by atoms with van der Waals surface area (Å²) in [6.45, 7) is 7.52. The van der Waals surface area contributed by atoms with Crippen LogP contribution < -0.4 is 5.32 Å². The van der Waals surface area contributed by atoms with Gasteiger partial charge in [-0.1, -0.05) is 18.2 Å². The Hall–Kier alpha value is -2.99. The minimum atomic E-state index is -4.45. The monoisotopic (exact) mass is 457 g/mol. The van der Waals surface area contributed by atoms with Crippen molar-refractivity contribution < 1.29 is 32.8 Å². The normalized spacial score (nSPS) is 12.8. The number of nitro groups is 1. The summed E-state index contributed by atoms with van der Waals surface area (Å²) in [4.78, 5) is 33.6. The first-order chi connectivity index (χ1) is 14.3. The highest BCUT2D eigenvalue weighted by molar-refractivity contribution is 7.89. The first-order valence-corrected chi connectivity index (χ1v) is 10.8. The van der Waals surface area contributed by atoms with Gasteiger partial charge in [0.05, 0.1) is 4.92 Å². The number of carbonyl (C=O) groups is 2. The molecule has 2 N–H and O–H groups in total. The first-order valence-electron chi connectivity index (χ1n) is 9.36. The summed E-state index contributed by atoms with van der Waals surface area (Å²) < 4.78 is 32.2. The van der Waals surface area contributed by atoms with Crippen molar-refractivity contribution in [2.24, 2.45) is 0 Å². The molecule has 0 aliphatic rings. The lowest BCUT2D eigenvalue weighted by molar-refractivity contribution is -0.387. The Bertz CT molecular complexity index is 924. The zero-order valence-electron chi connectivity index (χ0n) is 17.6. The highest BCUT2D eigenvalue weighted by Crippen LogP contribution is 2.26. The smallest absolute Gasteiger partial charge is 0.408 e. The zero-order valence-corrected chi connectivity index (χ0v) is 18.4. The molecule has 11 nitrogen and oxygen atoms in total. The van der Waals surface area contributed by atoms with Crippen molar-refractivity contribution in [2.75, 3.05) is 13.1 Å². The molecule has 12 heteroatoms. The van der Waals surface area contributed by atoms with Gasteiger partial charge >= 0.3 is 12.1 Å². The average Bonchev–Trinajstić information content (AvgIpc) is 2.64. The Morgan fingerprint density at radius 2 is 1.97 bits per heavy atom. The minimum Gasteiger partial charge on any atom is -0.480 e. The maximum Gasteiger partial charge on any atom is 0.408 e. The average molecular weight is 458 g/mol. The Kier molecular flexibility index (Phi) is 9.13. The summed E-state index contributed by atoms with van der Waals surface area (Å²) in [5.41, 5.74) is -1.53. The number of sulfonamides is 1. The molecule has 0 spiro atoms. The number of amides is 1. The van der Waals surface area contributed by atoms with Crippen LogP contribution in [0, 0.1) is 10.1 Å². The van der Waals surface area contributed by atoms with Gasteiger partial charge in [-0.3, -0.25) is 10.1 Å². The highest BCUT2D eigenvalue weighted by atomic mass is 32.2. The number of carboxylic acid groups (broad SMARTS) is 1. The number of unbranched alkanes of at least 4 members (excludes halogenated alkanes) is 1. The van der Waals surface area contributed by atoms with E-state index in [4.69, 9.17) is 4.74 Å². The molecule has 1 aromatic carbocycles. The number of aliphatic carboxylic acids is 1. The van der Waals surface area contributed by atoms with E-state index in [1.165, 1.54) is 12.1 Å². The number of nitro benzene ring substituents is 1. The van der Waals surface area contributed by atoms with Gasteiger partial charge in [-0.2, -0.15) is 4.31 Å². The molecule has 0 saturated heterocycles. The molecular weight excluding hydrogens is 430 g/mol. The van der Waals surface area contributed by atoms with Crippen LogP contribution in [0.4, 0.5) is 10.5 Å². The number of hydrogen-bond acceptors (Lipinski definition) is 7. The number of nitrogens with zero attached hydrogens (tertiary/aromatic N) is 2. The van der Waals surface area contributed by atoms with Crippen LogP contribution in [0.2, 0.25) is 0 Å². The Morgan fingerprint density at radius 1 is 1.35 bits per heavy atom. The summed E-state index contributed by atoms with van der Waals surface area (Å²) in [6, 6.07) is 3.13. The number of carbonyl (C=O) groups excluding carboxylic acids is 1. The molecule has 0 aromatic heterocycles. The largest absolute Gasteiger partial charge is 0.480 e. The number of nitrogens with one attached hydrogen (secondary N) is 1. The van der Waals surface area contributed by atoms with Crippen molar-refractivity contribution in [3.05, 3.63) is 47.0 Å². The van der Waals surface area contributed by atoms with E-state index in [0.29, 0.717) is 12.8 Å². The Balaban J connectivity index is 3.28. The second-order valence-corrected chi connectivity index (χ2v) is 9.46. The van der Waals surface area contributed by atoms with Gasteiger partial charge in [0.15, 0.2) is 4.90 Å². The predicted octanol–water partition coefficient (Wildman–Crippen LogP) is 2.53. The molecule has 0 heterocycles. The van der Waals surface area contributed by atoms with Gasteiger partial charge in [0.25, 0.3) is 5.69 Å². The summed E-state index contributed by atoms with van der Waals surface area (Å²) in [6.07, 6.45) is 1.25. The van der Waals surface area contributed by atoms with Crippen LogP contribution in [-0.2, 0) is 19.6 Å². The fourth-order valence-corrected chi connectivity index (χ4v) is 4.18. The second kappa shape index (κ2) is 10.9. The van der Waals surface area contributed by atoms with E-state index in [-0.39, 0.29) is 6.54 Å². The molecule has 1 atom stereocenters. The maximum atomic E-state index is 13.2. The number of hydrogen-bond donors (Lipinski definition) is 2. The molecule has 0 bridgehead atoms. The summed E-state index contributed by atoms with van der Waals surface area (Å²) >= 11 is 0. The van der Waals surface area contributed by atoms with Gasteiger partial charge in [0, 0.05) is 19.2 Å². The summed E-state index contributed by atoms with van der Waals surface area (Å²) in [7, 11) is -4.45. The van der Waals surface area contributed by atoms with Gasteiger partial charge in [0.1, 0.15) is 11.6 Å². The molecule has 172 valence electrons. The summed E-state index contributed by atoms with van der Waals surface area (Å²) in [5, 5.41) is 22.9. The number of alkyl carbamates (subject to hydrolysis) is 1. The minimum absolute atomic E-state index is 0.139. The van der Waals surface area contributed by atoms with Crippen LogP contribution in [-0.4, -0.2) is 59.5 Å². The van der Waals surface area contributed by atoms with Crippen molar-refractivity contribution >= 4 is 27.8 Å². The number of carboxylic acids is 1. The molecular formula is C19H27N3O8S. The SMILES string of the molecule is C=CCCCN(C[C@H](NC(=O)OC(C)(C)C)C(=O)O)S(=O)(=O)c1ccccc1[N+](=O)[O-]. The molecule has 0 unspecified atom stereocenters. The van der Waals surface area contributed by atoms with Crippen molar-refractivity contribution in [2.45, 2.75) is 50.2 Å². The van der Waals surface area contributed by atoms with Gasteiger partial charge in [-0.15, -0.1) is 6.58 Å². The molecule has 1 aromatic rings. The van der Waals surface area contributed by atoms with Crippen LogP contribution in [0.5, 0.6) is 0 Å². The molecule has 1 rings (SSSR count). The lowest BCUT2D eigenvalue weighted by atomic mass is 10.2. The van der Waals surface area contributed by atoms with Crippen LogP contribution in [0.1, 0.15) is 33.6 Å². The predicted molar refractivity (Wildman–Crippen MR) is 112 cm³/mol. The molecule has 0 saturated carbocycles. The third-order valence-corrected chi connectivity index (χ3v) is 5.78. The second-order valence-electron chi connectivity index (χ2n) is 7.56. The van der Waals surface area contributed by atoms with E-state index in [9.17, 15) is 33.2 Å². The first kappa shape index (κ1) is 26.0. The van der Waals surface area contributed by atoms with E-state index in [1.54, 1.807) is 26.8 Å². The van der Waals surface area contributed by atoms with Crippen LogP contribution in [0.15, 0.2) is 41.8 Å². The van der Waals surface area contributed by atoms with Crippen LogP contribution in [0.3, 0.4) is 0 Å². The van der Waals surface area contributed by atoms with E-state index >= 15 is 0 Å². The lowest BCUT2D eigenvalue weighted by Crippen LogP contribution is -2.51. The maximum absolute atomic E-state index is 13.2. The van der Waals surface area contributed by atoms with E-state index in [2.05, 4.69) is 11.9 Å². The number of para-hydroxylation sites is 1. The number of allylic oxidation sites excluding steroid dienone is 1. The van der Waals surface area contributed by atoms with Gasteiger partial charge in [0.2, 0.25) is 10.0 Å². The lowest BCUT2D eigenvalue weighted by Gasteiger charge is -2.27. The highest BCUT2D eigenvalue weighted by Gasteiger charge is 2.35. The van der Waals surface area contributed by atoms with Crippen molar-refractivity contribution in [3.63, 3.8) is 0 Å². The van der Waals surface area contributed by atoms with Crippen LogP contribution in [0.25, 0.3) is 0 Å². The van der Waals surface area contributed by atoms with Gasteiger partial charge < -0.3 is 15.2 Å². The van der Waals surface area contributed by atoms with Crippen LogP contribution >= 0.6 is 0 Å². The quantitative estimate of drug-likeness (QED) is 0.222. The zero-order chi connectivity index (χ0) is 23.8. The Morgan fingerprint density at radius 3 is 2.48 bits per heavy atom. The topological polar surface area (TPSA) is 156 Å². The van der Waals surface area contributed by atoms with Crippen molar-refractivity contribution in [1.82, 2.24) is 9.62 Å².